The molecule has 1 heterocycles. The van der Waals surface area contributed by atoms with Crippen LogP contribution in [0, 0.1) is 10.1 Å². The van der Waals surface area contributed by atoms with Crippen molar-refractivity contribution in [2.45, 2.75) is 13.3 Å². The fourth-order valence-corrected chi connectivity index (χ4v) is 3.87. The minimum Gasteiger partial charge on any atom is -0.355 e. The van der Waals surface area contributed by atoms with E-state index in [2.05, 4.69) is 5.32 Å². The van der Waals surface area contributed by atoms with Crippen molar-refractivity contribution >= 4 is 45.6 Å². The smallest absolute Gasteiger partial charge is 0.282 e. The molecule has 0 saturated heterocycles. The number of carbonyl (C=O) groups excluding carboxylic acids is 3. The van der Waals surface area contributed by atoms with E-state index in [-0.39, 0.29) is 23.1 Å². The minimum atomic E-state index is -0.801. The van der Waals surface area contributed by atoms with Crippen LogP contribution in [0.1, 0.15) is 44.4 Å². The van der Waals surface area contributed by atoms with Gasteiger partial charge < -0.3 is 5.32 Å². The average Bonchev–Trinajstić information content (AvgIpc) is 2.80. The Morgan fingerprint density at radius 2 is 1.81 bits per heavy atom. The molecule has 0 aromatic heterocycles. The van der Waals surface area contributed by atoms with E-state index in [1.165, 1.54) is 23.1 Å². The van der Waals surface area contributed by atoms with Gasteiger partial charge in [0.05, 0.1) is 4.92 Å². The van der Waals surface area contributed by atoms with Crippen LogP contribution in [-0.4, -0.2) is 34.1 Å². The van der Waals surface area contributed by atoms with Crippen LogP contribution in [0.3, 0.4) is 0 Å². The molecule has 10 heteroatoms. The molecular weight excluding hydrogens is 414 g/mol. The zero-order chi connectivity index (χ0) is 23.0. The van der Waals surface area contributed by atoms with E-state index in [0.29, 0.717) is 46.2 Å². The summed E-state index contributed by atoms with van der Waals surface area (Å²) in [7, 11) is 0. The van der Waals surface area contributed by atoms with Crippen LogP contribution >= 0.6 is 0 Å². The van der Waals surface area contributed by atoms with Crippen molar-refractivity contribution in [1.82, 2.24) is 10.3 Å². The van der Waals surface area contributed by atoms with Crippen LogP contribution < -0.4 is 16.6 Å². The Labute approximate surface area is 182 Å². The van der Waals surface area contributed by atoms with Gasteiger partial charge in [-0.25, -0.2) is 5.84 Å². The third kappa shape index (κ3) is 3.32. The first-order chi connectivity index (χ1) is 15.4. The van der Waals surface area contributed by atoms with Crippen molar-refractivity contribution in [1.29, 1.82) is 0 Å². The van der Waals surface area contributed by atoms with Crippen LogP contribution in [0.15, 0.2) is 48.5 Å². The van der Waals surface area contributed by atoms with Gasteiger partial charge in [-0.1, -0.05) is 19.1 Å². The first-order valence-electron chi connectivity index (χ1n) is 9.85. The molecule has 4 N–H and O–H groups in total. The van der Waals surface area contributed by atoms with Crippen molar-refractivity contribution in [3.05, 3.63) is 75.3 Å². The summed E-state index contributed by atoms with van der Waals surface area (Å²) in [5.41, 5.74) is 3.15. The van der Waals surface area contributed by atoms with E-state index >= 15 is 0 Å². The molecule has 32 heavy (non-hydrogen) atoms. The molecular formula is C22H19N5O5. The quantitative estimate of drug-likeness (QED) is 0.178. The number of imide groups is 1. The highest BCUT2D eigenvalue weighted by atomic mass is 16.6. The lowest BCUT2D eigenvalue weighted by Crippen LogP contribution is -2.40. The van der Waals surface area contributed by atoms with Gasteiger partial charge in [0.25, 0.3) is 23.4 Å². The Bertz CT molecular complexity index is 1280. The van der Waals surface area contributed by atoms with Crippen molar-refractivity contribution in [2.24, 2.45) is 5.84 Å². The largest absolute Gasteiger partial charge is 0.355 e. The zero-order valence-electron chi connectivity index (χ0n) is 17.0. The van der Waals surface area contributed by atoms with E-state index in [1.807, 2.05) is 12.3 Å². The number of hydrazine groups is 1. The summed E-state index contributed by atoms with van der Waals surface area (Å²) in [5, 5.41) is 15.5. The predicted octanol–water partition coefficient (Wildman–Crippen LogP) is 3.10. The van der Waals surface area contributed by atoms with E-state index in [9.17, 15) is 24.5 Å². The molecule has 1 aliphatic rings. The number of hydrogen-bond acceptors (Lipinski definition) is 7. The number of carbonyl (C=O) groups is 3. The fraction of sp³-hybridized carbons (Fsp3) is 0.136. The topological polar surface area (TPSA) is 148 Å². The number of benzene rings is 3. The van der Waals surface area contributed by atoms with Gasteiger partial charge in [-0.15, -0.1) is 0 Å². The highest BCUT2D eigenvalue weighted by molar-refractivity contribution is 6.26. The summed E-state index contributed by atoms with van der Waals surface area (Å²) in [5.74, 6) is 3.67. The number of nitrogens with zero attached hydrogens (tertiary/aromatic N) is 2. The molecule has 0 aliphatic carbocycles. The number of hydrogen-bond donors (Lipinski definition) is 3. The maximum absolute atomic E-state index is 12.9. The van der Waals surface area contributed by atoms with Crippen molar-refractivity contribution < 1.29 is 19.3 Å². The number of nitro groups is 1. The van der Waals surface area contributed by atoms with Gasteiger partial charge in [-0.3, -0.25) is 34.8 Å². The van der Waals surface area contributed by atoms with Crippen molar-refractivity contribution in [2.75, 3.05) is 11.9 Å². The average molecular weight is 433 g/mol. The lowest BCUT2D eigenvalue weighted by Gasteiger charge is -2.27. The highest BCUT2D eigenvalue weighted by Crippen LogP contribution is 2.36. The molecule has 162 valence electrons. The molecule has 3 aromatic rings. The monoisotopic (exact) mass is 433 g/mol. The predicted molar refractivity (Wildman–Crippen MR) is 118 cm³/mol. The SMILES string of the molecule is CCCN1C(=O)c2cccc3c(Nc4ccc([N+](=O)[O-])c(C(=O)NN)c4)ccc(c23)C1=O. The molecule has 0 saturated carbocycles. The highest BCUT2D eigenvalue weighted by Gasteiger charge is 2.32. The molecule has 4 rings (SSSR count). The van der Waals surface area contributed by atoms with Gasteiger partial charge in [0.2, 0.25) is 0 Å². The first-order valence-corrected chi connectivity index (χ1v) is 9.85. The molecule has 3 amide bonds. The zero-order valence-corrected chi connectivity index (χ0v) is 17.0. The Morgan fingerprint density at radius 3 is 2.47 bits per heavy atom. The van der Waals surface area contributed by atoms with Gasteiger partial charge >= 0.3 is 0 Å². The lowest BCUT2D eigenvalue weighted by atomic mass is 9.93. The molecule has 1 aliphatic heterocycles. The van der Waals surface area contributed by atoms with E-state index in [4.69, 9.17) is 5.84 Å². The molecule has 0 fully saturated rings. The summed E-state index contributed by atoms with van der Waals surface area (Å²) in [6, 6.07) is 12.5. The maximum Gasteiger partial charge on any atom is 0.282 e. The van der Waals surface area contributed by atoms with Crippen LogP contribution in [-0.2, 0) is 0 Å². The number of anilines is 2. The fourth-order valence-electron chi connectivity index (χ4n) is 3.87. The minimum absolute atomic E-state index is 0.203. The molecule has 10 nitrogen and oxygen atoms in total. The number of nitrogens with one attached hydrogen (secondary N) is 2. The second-order valence-corrected chi connectivity index (χ2v) is 7.24. The number of nitrogen functional groups attached to an aromatic ring is 1. The first kappa shape index (κ1) is 20.9. The van der Waals surface area contributed by atoms with Gasteiger partial charge in [-0.2, -0.15) is 0 Å². The summed E-state index contributed by atoms with van der Waals surface area (Å²) in [6.45, 7) is 2.23. The van der Waals surface area contributed by atoms with Gasteiger partial charge in [0.15, 0.2) is 0 Å². The Hall–Kier alpha value is -4.31. The molecule has 3 aromatic carbocycles. The Kier molecular flexibility index (Phi) is 5.29. The molecule has 0 atom stereocenters. The summed E-state index contributed by atoms with van der Waals surface area (Å²) < 4.78 is 0. The van der Waals surface area contributed by atoms with Gasteiger partial charge in [0, 0.05) is 45.9 Å². The second-order valence-electron chi connectivity index (χ2n) is 7.24. The lowest BCUT2D eigenvalue weighted by molar-refractivity contribution is -0.385. The normalized spacial score (nSPS) is 12.8. The van der Waals surface area contributed by atoms with E-state index in [1.54, 1.807) is 30.3 Å². The Balaban J connectivity index is 1.81. The van der Waals surface area contributed by atoms with Crippen LogP contribution in [0.2, 0.25) is 0 Å². The number of nitro benzene ring substituents is 1. The van der Waals surface area contributed by atoms with Crippen LogP contribution in [0.25, 0.3) is 10.8 Å². The maximum atomic E-state index is 12.9. The van der Waals surface area contributed by atoms with Crippen molar-refractivity contribution in [3.63, 3.8) is 0 Å². The third-order valence-electron chi connectivity index (χ3n) is 5.29. The van der Waals surface area contributed by atoms with Crippen LogP contribution in [0.5, 0.6) is 0 Å². The molecule has 0 bridgehead atoms. The summed E-state index contributed by atoms with van der Waals surface area (Å²) in [4.78, 5) is 49.6. The summed E-state index contributed by atoms with van der Waals surface area (Å²) in [6.07, 6.45) is 0.654. The number of rotatable bonds is 6. The van der Waals surface area contributed by atoms with Crippen LogP contribution in [0.4, 0.5) is 17.1 Å². The number of amides is 3. The molecule has 0 spiro atoms. The standard InChI is InChI=1S/C22H19N5O5/c1-2-10-26-21(29)14-5-3-4-13-17(8-7-15(19(13)14)22(26)30)24-12-6-9-18(27(31)32)16(11-12)20(28)25-23/h3-9,11,24H,2,10,23H2,1H3,(H,25,28). The Morgan fingerprint density at radius 1 is 1.09 bits per heavy atom. The molecule has 0 unspecified atom stereocenters. The molecule has 0 radical (unpaired) electrons. The third-order valence-corrected chi connectivity index (χ3v) is 5.29. The van der Waals surface area contributed by atoms with Gasteiger partial charge in [-0.05, 0) is 36.8 Å². The van der Waals surface area contributed by atoms with Gasteiger partial charge in [0.1, 0.15) is 5.56 Å². The van der Waals surface area contributed by atoms with E-state index < -0.39 is 10.8 Å². The van der Waals surface area contributed by atoms with Crippen molar-refractivity contribution in [3.8, 4) is 0 Å². The summed E-state index contributed by atoms with van der Waals surface area (Å²) >= 11 is 0. The van der Waals surface area contributed by atoms with E-state index in [0.717, 1.165) is 0 Å². The second kappa shape index (κ2) is 8.08. The number of nitrogens with two attached hydrogens (primary N) is 1.